The molecule has 1 aromatic carbocycles. The van der Waals surface area contributed by atoms with Gasteiger partial charge in [0.1, 0.15) is 0 Å². The van der Waals surface area contributed by atoms with Gasteiger partial charge in [-0.1, -0.05) is 23.7 Å². The lowest BCUT2D eigenvalue weighted by atomic mass is 10.1. The maximum Gasteiger partial charge on any atom is 0.193 e. The third kappa shape index (κ3) is 5.23. The Hall–Kier alpha value is -0.540. The van der Waals surface area contributed by atoms with E-state index in [-0.39, 0.29) is 29.7 Å². The standard InChI is InChI=1S/C16H24ClN3O2S.HI/c1-16(2)12-20(9-10-23(16,21)22)15(18-3)19-8-7-13-5-4-6-14(17)11-13;/h4-6,11H,7-10,12H2,1-3H3,(H,18,19);1H. The van der Waals surface area contributed by atoms with Crippen LogP contribution in [-0.2, 0) is 16.3 Å². The zero-order valence-electron chi connectivity index (χ0n) is 14.3. The maximum atomic E-state index is 12.1. The highest BCUT2D eigenvalue weighted by atomic mass is 127. The summed E-state index contributed by atoms with van der Waals surface area (Å²) in [6.07, 6.45) is 0.828. The molecule has 0 unspecified atom stereocenters. The van der Waals surface area contributed by atoms with Crippen LogP contribution in [0.2, 0.25) is 5.02 Å². The molecular formula is C16H25ClIN3O2S. The second kappa shape index (κ2) is 8.71. The Morgan fingerprint density at radius 2 is 2.12 bits per heavy atom. The molecule has 0 amide bonds. The molecule has 0 spiro atoms. The SMILES string of the molecule is CN=C(NCCc1cccc(Cl)c1)N1CCS(=O)(=O)C(C)(C)C1.I. The van der Waals surface area contributed by atoms with Crippen LogP contribution in [-0.4, -0.2) is 56.5 Å². The van der Waals surface area contributed by atoms with Gasteiger partial charge in [0, 0.05) is 31.7 Å². The molecule has 0 radical (unpaired) electrons. The van der Waals surface area contributed by atoms with Gasteiger partial charge in [-0.3, -0.25) is 4.99 Å². The molecule has 0 atom stereocenters. The van der Waals surface area contributed by atoms with Crippen LogP contribution < -0.4 is 5.32 Å². The van der Waals surface area contributed by atoms with Crippen LogP contribution in [0.5, 0.6) is 0 Å². The molecule has 0 aliphatic carbocycles. The predicted octanol–water partition coefficient (Wildman–Crippen LogP) is 2.58. The molecule has 0 aromatic heterocycles. The summed E-state index contributed by atoms with van der Waals surface area (Å²) >= 11 is 5.98. The molecule has 1 fully saturated rings. The summed E-state index contributed by atoms with van der Waals surface area (Å²) in [7, 11) is -1.32. The van der Waals surface area contributed by atoms with Gasteiger partial charge in [0.2, 0.25) is 0 Å². The van der Waals surface area contributed by atoms with Gasteiger partial charge in [0.05, 0.1) is 10.5 Å². The van der Waals surface area contributed by atoms with Gasteiger partial charge < -0.3 is 10.2 Å². The molecule has 0 saturated carbocycles. The minimum Gasteiger partial charge on any atom is -0.356 e. The largest absolute Gasteiger partial charge is 0.356 e. The van der Waals surface area contributed by atoms with Crippen LogP contribution in [0.3, 0.4) is 0 Å². The Morgan fingerprint density at radius 3 is 2.71 bits per heavy atom. The summed E-state index contributed by atoms with van der Waals surface area (Å²) in [4.78, 5) is 6.30. The molecule has 1 aliphatic heterocycles. The van der Waals surface area contributed by atoms with Gasteiger partial charge in [-0.15, -0.1) is 24.0 Å². The van der Waals surface area contributed by atoms with Crippen molar-refractivity contribution < 1.29 is 8.42 Å². The summed E-state index contributed by atoms with van der Waals surface area (Å²) < 4.78 is 23.4. The Balaban J connectivity index is 0.00000288. The Labute approximate surface area is 166 Å². The van der Waals surface area contributed by atoms with Gasteiger partial charge in [-0.2, -0.15) is 0 Å². The van der Waals surface area contributed by atoms with E-state index >= 15 is 0 Å². The van der Waals surface area contributed by atoms with Crippen LogP contribution in [0.25, 0.3) is 0 Å². The van der Waals surface area contributed by atoms with E-state index in [1.807, 2.05) is 29.2 Å². The fourth-order valence-corrected chi connectivity index (χ4v) is 4.25. The van der Waals surface area contributed by atoms with Crippen molar-refractivity contribution in [3.05, 3.63) is 34.9 Å². The van der Waals surface area contributed by atoms with Crippen molar-refractivity contribution in [2.75, 3.05) is 32.4 Å². The minimum absolute atomic E-state index is 0. The van der Waals surface area contributed by atoms with Crippen LogP contribution >= 0.6 is 35.6 Å². The summed E-state index contributed by atoms with van der Waals surface area (Å²) in [6.45, 7) is 5.19. The first-order chi connectivity index (χ1) is 10.7. The first-order valence-electron chi connectivity index (χ1n) is 7.67. The fourth-order valence-electron chi connectivity index (χ4n) is 2.67. The zero-order valence-corrected chi connectivity index (χ0v) is 18.2. The molecule has 1 saturated heterocycles. The lowest BCUT2D eigenvalue weighted by molar-refractivity contribution is 0.353. The van der Waals surface area contributed by atoms with E-state index in [2.05, 4.69) is 10.3 Å². The number of halogens is 2. The molecule has 1 N–H and O–H groups in total. The van der Waals surface area contributed by atoms with E-state index < -0.39 is 14.6 Å². The van der Waals surface area contributed by atoms with Crippen molar-refractivity contribution in [1.82, 2.24) is 10.2 Å². The van der Waals surface area contributed by atoms with Crippen molar-refractivity contribution in [2.45, 2.75) is 25.0 Å². The van der Waals surface area contributed by atoms with Crippen molar-refractivity contribution in [1.29, 1.82) is 0 Å². The number of hydrogen-bond donors (Lipinski definition) is 1. The van der Waals surface area contributed by atoms with Gasteiger partial charge >= 0.3 is 0 Å². The molecule has 5 nitrogen and oxygen atoms in total. The highest BCUT2D eigenvalue weighted by Gasteiger charge is 2.40. The molecule has 0 bridgehead atoms. The van der Waals surface area contributed by atoms with E-state index in [4.69, 9.17) is 11.6 Å². The van der Waals surface area contributed by atoms with Crippen LogP contribution in [0.4, 0.5) is 0 Å². The van der Waals surface area contributed by atoms with Gasteiger partial charge in [0.15, 0.2) is 15.8 Å². The average Bonchev–Trinajstić information content (AvgIpc) is 2.47. The lowest BCUT2D eigenvalue weighted by Crippen LogP contribution is -2.57. The van der Waals surface area contributed by atoms with E-state index in [9.17, 15) is 8.42 Å². The Bertz CT molecular complexity index is 692. The van der Waals surface area contributed by atoms with Crippen LogP contribution in [0, 0.1) is 0 Å². The Kier molecular flexibility index (Phi) is 7.80. The number of sulfone groups is 1. The first kappa shape index (κ1) is 21.5. The molecule has 136 valence electrons. The van der Waals surface area contributed by atoms with Crippen LogP contribution in [0.1, 0.15) is 19.4 Å². The zero-order chi connectivity index (χ0) is 17.1. The maximum absolute atomic E-state index is 12.1. The normalized spacial score (nSPS) is 19.5. The Morgan fingerprint density at radius 1 is 1.42 bits per heavy atom. The minimum atomic E-state index is -3.04. The molecule has 24 heavy (non-hydrogen) atoms. The number of guanidine groups is 1. The van der Waals surface area contributed by atoms with Crippen molar-refractivity contribution >= 4 is 51.4 Å². The van der Waals surface area contributed by atoms with Crippen molar-refractivity contribution in [3.8, 4) is 0 Å². The van der Waals surface area contributed by atoms with Gasteiger partial charge in [-0.25, -0.2) is 8.42 Å². The second-order valence-electron chi connectivity index (χ2n) is 6.35. The molecular weight excluding hydrogens is 461 g/mol. The van der Waals surface area contributed by atoms with Gasteiger partial charge in [0.25, 0.3) is 0 Å². The summed E-state index contributed by atoms with van der Waals surface area (Å²) in [6, 6.07) is 7.77. The number of nitrogens with zero attached hydrogens (tertiary/aromatic N) is 2. The van der Waals surface area contributed by atoms with Gasteiger partial charge in [-0.05, 0) is 38.0 Å². The van der Waals surface area contributed by atoms with E-state index in [0.29, 0.717) is 13.1 Å². The second-order valence-corrected chi connectivity index (χ2v) is 9.53. The number of nitrogens with one attached hydrogen (secondary N) is 1. The third-order valence-electron chi connectivity index (χ3n) is 4.14. The first-order valence-corrected chi connectivity index (χ1v) is 9.70. The van der Waals surface area contributed by atoms with E-state index in [1.165, 1.54) is 0 Å². The number of benzene rings is 1. The van der Waals surface area contributed by atoms with Crippen molar-refractivity contribution in [3.63, 3.8) is 0 Å². The summed E-state index contributed by atoms with van der Waals surface area (Å²) in [5, 5.41) is 4.04. The average molecular weight is 486 g/mol. The fraction of sp³-hybridized carbons (Fsp3) is 0.562. The summed E-state index contributed by atoms with van der Waals surface area (Å²) in [5.41, 5.74) is 1.15. The van der Waals surface area contributed by atoms with E-state index in [0.717, 1.165) is 29.5 Å². The molecule has 1 aliphatic rings. The van der Waals surface area contributed by atoms with Crippen LogP contribution in [0.15, 0.2) is 29.3 Å². The topological polar surface area (TPSA) is 61.8 Å². The molecule has 1 aromatic rings. The highest BCUT2D eigenvalue weighted by molar-refractivity contribution is 14.0. The third-order valence-corrected chi connectivity index (χ3v) is 6.91. The van der Waals surface area contributed by atoms with E-state index in [1.54, 1.807) is 20.9 Å². The highest BCUT2D eigenvalue weighted by Crippen LogP contribution is 2.23. The number of hydrogen-bond acceptors (Lipinski definition) is 3. The number of aliphatic imine (C=N–C) groups is 1. The molecule has 1 heterocycles. The summed E-state index contributed by atoms with van der Waals surface area (Å²) in [5.74, 6) is 0.907. The number of rotatable bonds is 3. The molecule has 2 rings (SSSR count). The molecule has 8 heteroatoms. The quantitative estimate of drug-likeness (QED) is 0.406. The predicted molar refractivity (Wildman–Crippen MR) is 111 cm³/mol. The van der Waals surface area contributed by atoms with Crippen molar-refractivity contribution in [2.24, 2.45) is 4.99 Å². The monoisotopic (exact) mass is 485 g/mol. The smallest absolute Gasteiger partial charge is 0.193 e. The lowest BCUT2D eigenvalue weighted by Gasteiger charge is -2.39.